The van der Waals surface area contributed by atoms with Gasteiger partial charge >= 0.3 is 0 Å². The summed E-state index contributed by atoms with van der Waals surface area (Å²) >= 11 is 1.58. The van der Waals surface area contributed by atoms with E-state index < -0.39 is 0 Å². The minimum absolute atomic E-state index is 0.155. The minimum atomic E-state index is -0.155. The summed E-state index contributed by atoms with van der Waals surface area (Å²) in [6.45, 7) is 0.571. The van der Waals surface area contributed by atoms with Crippen LogP contribution in [-0.2, 0) is 6.42 Å². The molecule has 0 bridgehead atoms. The third kappa shape index (κ3) is 2.83. The van der Waals surface area contributed by atoms with Crippen molar-refractivity contribution in [3.05, 3.63) is 40.9 Å². The lowest BCUT2D eigenvalue weighted by molar-refractivity contribution is 0.0953. The molecule has 0 aliphatic heterocycles. The van der Waals surface area contributed by atoms with Crippen LogP contribution in [0.5, 0.6) is 0 Å². The first-order valence-corrected chi connectivity index (χ1v) is 5.66. The Balaban J connectivity index is 1.81. The summed E-state index contributed by atoms with van der Waals surface area (Å²) in [5, 5.41) is 5.72. The second-order valence-electron chi connectivity index (χ2n) is 3.06. The van der Waals surface area contributed by atoms with Gasteiger partial charge in [-0.15, -0.1) is 11.3 Å². The van der Waals surface area contributed by atoms with Gasteiger partial charge in [0.2, 0.25) is 0 Å². The molecule has 16 heavy (non-hydrogen) atoms. The molecule has 0 fully saturated rings. The largest absolute Gasteiger partial charge is 0.352 e. The predicted molar refractivity (Wildman–Crippen MR) is 60.2 cm³/mol. The third-order valence-electron chi connectivity index (χ3n) is 1.93. The van der Waals surface area contributed by atoms with E-state index in [1.165, 1.54) is 18.7 Å². The van der Waals surface area contributed by atoms with E-state index in [2.05, 4.69) is 20.3 Å². The molecule has 0 aliphatic rings. The zero-order valence-corrected chi connectivity index (χ0v) is 9.28. The van der Waals surface area contributed by atoms with Crippen molar-refractivity contribution in [1.29, 1.82) is 0 Å². The SMILES string of the molecule is O=C(NCCc1nccs1)c1cncnc1. The first-order chi connectivity index (χ1) is 7.86. The molecule has 0 aliphatic carbocycles. The van der Waals surface area contributed by atoms with E-state index in [4.69, 9.17) is 0 Å². The summed E-state index contributed by atoms with van der Waals surface area (Å²) in [5.41, 5.74) is 0.474. The Morgan fingerprint density at radius 1 is 1.38 bits per heavy atom. The van der Waals surface area contributed by atoms with Gasteiger partial charge in [0.1, 0.15) is 6.33 Å². The van der Waals surface area contributed by atoms with Crippen molar-refractivity contribution in [2.45, 2.75) is 6.42 Å². The normalized spacial score (nSPS) is 10.0. The quantitative estimate of drug-likeness (QED) is 0.853. The molecular formula is C10H10N4OS. The Hall–Kier alpha value is -1.82. The van der Waals surface area contributed by atoms with Gasteiger partial charge in [-0.1, -0.05) is 0 Å². The zero-order valence-electron chi connectivity index (χ0n) is 8.46. The Morgan fingerprint density at radius 3 is 2.88 bits per heavy atom. The topological polar surface area (TPSA) is 67.8 Å². The Kier molecular flexibility index (Phi) is 3.55. The van der Waals surface area contributed by atoms with Crippen molar-refractivity contribution in [2.75, 3.05) is 6.54 Å². The number of hydrogen-bond acceptors (Lipinski definition) is 5. The molecule has 2 rings (SSSR count). The molecule has 0 saturated carbocycles. The van der Waals surface area contributed by atoms with Gasteiger partial charge in [-0.3, -0.25) is 4.79 Å². The highest BCUT2D eigenvalue weighted by atomic mass is 32.1. The van der Waals surface area contributed by atoms with E-state index in [0.717, 1.165) is 11.4 Å². The summed E-state index contributed by atoms with van der Waals surface area (Å²) < 4.78 is 0. The van der Waals surface area contributed by atoms with Gasteiger partial charge in [0.25, 0.3) is 5.91 Å². The number of amides is 1. The molecule has 82 valence electrons. The number of carbonyl (C=O) groups is 1. The lowest BCUT2D eigenvalue weighted by atomic mass is 10.3. The van der Waals surface area contributed by atoms with Crippen molar-refractivity contribution < 1.29 is 4.79 Å². The number of nitrogens with zero attached hydrogens (tertiary/aromatic N) is 3. The van der Waals surface area contributed by atoms with Gasteiger partial charge in [0, 0.05) is 36.9 Å². The van der Waals surface area contributed by atoms with E-state index in [-0.39, 0.29) is 5.91 Å². The molecule has 2 aromatic rings. The molecular weight excluding hydrogens is 224 g/mol. The molecule has 0 radical (unpaired) electrons. The molecule has 6 heteroatoms. The Morgan fingerprint density at radius 2 is 2.19 bits per heavy atom. The molecule has 2 heterocycles. The van der Waals surface area contributed by atoms with E-state index >= 15 is 0 Å². The van der Waals surface area contributed by atoms with Crippen LogP contribution in [-0.4, -0.2) is 27.4 Å². The van der Waals surface area contributed by atoms with Crippen molar-refractivity contribution in [3.8, 4) is 0 Å². The van der Waals surface area contributed by atoms with Crippen LogP contribution in [0, 0.1) is 0 Å². The highest BCUT2D eigenvalue weighted by Crippen LogP contribution is 2.03. The number of hydrogen-bond donors (Lipinski definition) is 1. The molecule has 5 nitrogen and oxygen atoms in total. The van der Waals surface area contributed by atoms with Crippen LogP contribution < -0.4 is 5.32 Å². The van der Waals surface area contributed by atoms with Gasteiger partial charge in [0.05, 0.1) is 10.6 Å². The molecule has 2 aromatic heterocycles. The summed E-state index contributed by atoms with van der Waals surface area (Å²) in [6.07, 6.45) is 6.88. The first kappa shape index (κ1) is 10.7. The molecule has 0 saturated heterocycles. The van der Waals surface area contributed by atoms with Crippen LogP contribution in [0.25, 0.3) is 0 Å². The van der Waals surface area contributed by atoms with Gasteiger partial charge in [-0.05, 0) is 0 Å². The van der Waals surface area contributed by atoms with Gasteiger partial charge in [-0.25, -0.2) is 15.0 Å². The van der Waals surface area contributed by atoms with E-state index in [9.17, 15) is 4.79 Å². The van der Waals surface area contributed by atoms with Crippen LogP contribution in [0.15, 0.2) is 30.3 Å². The maximum absolute atomic E-state index is 11.6. The van der Waals surface area contributed by atoms with Crippen LogP contribution >= 0.6 is 11.3 Å². The van der Waals surface area contributed by atoms with Crippen LogP contribution in [0.4, 0.5) is 0 Å². The highest BCUT2D eigenvalue weighted by molar-refractivity contribution is 7.09. The number of thiazole rings is 1. The fourth-order valence-corrected chi connectivity index (χ4v) is 1.80. The van der Waals surface area contributed by atoms with Crippen LogP contribution in [0.2, 0.25) is 0 Å². The third-order valence-corrected chi connectivity index (χ3v) is 2.77. The number of nitrogens with one attached hydrogen (secondary N) is 1. The first-order valence-electron chi connectivity index (χ1n) is 4.78. The number of carbonyl (C=O) groups excluding carboxylic acids is 1. The second kappa shape index (κ2) is 5.32. The summed E-state index contributed by atoms with van der Waals surface area (Å²) in [7, 11) is 0. The van der Waals surface area contributed by atoms with E-state index in [0.29, 0.717) is 12.1 Å². The highest BCUT2D eigenvalue weighted by Gasteiger charge is 2.04. The fourth-order valence-electron chi connectivity index (χ4n) is 1.18. The zero-order chi connectivity index (χ0) is 11.2. The van der Waals surface area contributed by atoms with Crippen molar-refractivity contribution in [1.82, 2.24) is 20.3 Å². The summed E-state index contributed by atoms with van der Waals surface area (Å²) in [4.78, 5) is 23.3. The Bertz CT molecular complexity index is 443. The molecule has 0 aromatic carbocycles. The monoisotopic (exact) mass is 234 g/mol. The average Bonchev–Trinajstić information content (AvgIpc) is 2.83. The molecule has 1 N–H and O–H groups in total. The Labute approximate surface area is 96.6 Å². The number of aromatic nitrogens is 3. The van der Waals surface area contributed by atoms with Gasteiger partial charge in [0.15, 0.2) is 0 Å². The van der Waals surface area contributed by atoms with Crippen LogP contribution in [0.1, 0.15) is 15.4 Å². The van der Waals surface area contributed by atoms with E-state index in [1.807, 2.05) is 5.38 Å². The summed E-state index contributed by atoms with van der Waals surface area (Å²) in [5.74, 6) is -0.155. The average molecular weight is 234 g/mol. The number of rotatable bonds is 4. The maximum Gasteiger partial charge on any atom is 0.254 e. The smallest absolute Gasteiger partial charge is 0.254 e. The lowest BCUT2D eigenvalue weighted by Gasteiger charge is -2.02. The van der Waals surface area contributed by atoms with Gasteiger partial charge < -0.3 is 5.32 Å². The van der Waals surface area contributed by atoms with Crippen molar-refractivity contribution >= 4 is 17.2 Å². The minimum Gasteiger partial charge on any atom is -0.352 e. The second-order valence-corrected chi connectivity index (χ2v) is 4.04. The lowest BCUT2D eigenvalue weighted by Crippen LogP contribution is -2.25. The standard InChI is InChI=1S/C10H10N4OS/c15-10(8-5-11-7-12-6-8)14-2-1-9-13-3-4-16-9/h3-7H,1-2H2,(H,14,15). The van der Waals surface area contributed by atoms with E-state index in [1.54, 1.807) is 17.5 Å². The molecule has 0 atom stereocenters. The summed E-state index contributed by atoms with van der Waals surface area (Å²) in [6, 6.07) is 0. The fraction of sp³-hybridized carbons (Fsp3) is 0.200. The molecule has 1 amide bonds. The molecule has 0 unspecified atom stereocenters. The molecule has 0 spiro atoms. The maximum atomic E-state index is 11.6. The van der Waals surface area contributed by atoms with Crippen molar-refractivity contribution in [3.63, 3.8) is 0 Å². The van der Waals surface area contributed by atoms with Crippen LogP contribution in [0.3, 0.4) is 0 Å². The van der Waals surface area contributed by atoms with Crippen molar-refractivity contribution in [2.24, 2.45) is 0 Å². The van der Waals surface area contributed by atoms with Gasteiger partial charge in [-0.2, -0.15) is 0 Å². The predicted octanol–water partition coefficient (Wildman–Crippen LogP) is 0.906.